The summed E-state index contributed by atoms with van der Waals surface area (Å²) in [5.74, 6) is -0.0796. The monoisotopic (exact) mass is 305 g/mol. The quantitative estimate of drug-likeness (QED) is 0.797. The maximum absolute atomic E-state index is 12.3. The lowest BCUT2D eigenvalue weighted by Crippen LogP contribution is -2.24. The predicted octanol–water partition coefficient (Wildman–Crippen LogP) is 3.81. The number of unbranched alkanes of at least 4 members (excludes halogenated alkanes) is 3. The fourth-order valence-electron chi connectivity index (χ4n) is 2.47. The number of carbonyl (C=O) groups is 1. The normalized spacial score (nSPS) is 11.0. The molecule has 5 heteroatoms. The number of rotatable bonds is 6. The summed E-state index contributed by atoms with van der Waals surface area (Å²) in [7, 11) is 0. The fourth-order valence-corrected chi connectivity index (χ4v) is 3.60. The third-order valence-electron chi connectivity index (χ3n) is 3.55. The van der Waals surface area contributed by atoms with Crippen LogP contribution in [-0.2, 0) is 0 Å². The predicted molar refractivity (Wildman–Crippen MR) is 90.0 cm³/mol. The van der Waals surface area contributed by atoms with Gasteiger partial charge in [0.15, 0.2) is 0 Å². The zero-order valence-corrected chi connectivity index (χ0v) is 13.8. The van der Waals surface area contributed by atoms with Gasteiger partial charge < -0.3 is 11.1 Å². The summed E-state index contributed by atoms with van der Waals surface area (Å²) in [5, 5.41) is 3.88. The van der Waals surface area contributed by atoms with Crippen molar-refractivity contribution in [3.05, 3.63) is 22.2 Å². The second kappa shape index (κ2) is 6.89. The smallest absolute Gasteiger partial charge is 0.263 e. The number of aromatic nitrogens is 1. The van der Waals surface area contributed by atoms with Crippen LogP contribution in [0.25, 0.3) is 10.2 Å². The maximum atomic E-state index is 12.3. The van der Waals surface area contributed by atoms with Crippen LogP contribution in [0.1, 0.15) is 53.5 Å². The molecule has 0 saturated heterocycles. The van der Waals surface area contributed by atoms with Crippen molar-refractivity contribution in [2.75, 3.05) is 12.3 Å². The average Bonchev–Trinajstić information content (AvgIpc) is 2.75. The Hall–Kier alpha value is -1.62. The van der Waals surface area contributed by atoms with E-state index in [2.05, 4.69) is 17.2 Å². The molecule has 3 N–H and O–H groups in total. The minimum Gasteiger partial charge on any atom is -0.397 e. The number of pyridine rings is 1. The van der Waals surface area contributed by atoms with Crippen LogP contribution in [0, 0.1) is 13.8 Å². The Morgan fingerprint density at radius 3 is 2.81 bits per heavy atom. The lowest BCUT2D eigenvalue weighted by molar-refractivity contribution is 0.0958. The second-order valence-electron chi connectivity index (χ2n) is 5.42. The molecule has 0 unspecified atom stereocenters. The number of carbonyl (C=O) groups excluding carboxylic acids is 1. The zero-order valence-electron chi connectivity index (χ0n) is 13.0. The zero-order chi connectivity index (χ0) is 15.4. The topological polar surface area (TPSA) is 68.0 Å². The van der Waals surface area contributed by atoms with Gasteiger partial charge in [0.25, 0.3) is 5.91 Å². The first-order valence-electron chi connectivity index (χ1n) is 7.49. The summed E-state index contributed by atoms with van der Waals surface area (Å²) in [5.41, 5.74) is 8.74. The Morgan fingerprint density at radius 1 is 1.33 bits per heavy atom. The maximum Gasteiger partial charge on any atom is 0.263 e. The van der Waals surface area contributed by atoms with Crippen LogP contribution in [0.4, 0.5) is 5.69 Å². The van der Waals surface area contributed by atoms with Gasteiger partial charge in [0, 0.05) is 17.6 Å². The highest BCUT2D eigenvalue weighted by molar-refractivity contribution is 7.21. The standard InChI is InChI=1S/C16H23N3OS/c1-4-5-6-7-8-18-15(20)14-13(17)12-10(2)9-11(3)19-16(12)21-14/h9H,4-8,17H2,1-3H3,(H,18,20). The van der Waals surface area contributed by atoms with Crippen molar-refractivity contribution in [2.24, 2.45) is 0 Å². The number of hydrogen-bond acceptors (Lipinski definition) is 4. The van der Waals surface area contributed by atoms with E-state index in [1.165, 1.54) is 24.2 Å². The van der Waals surface area contributed by atoms with E-state index in [0.29, 0.717) is 17.1 Å². The highest BCUT2D eigenvalue weighted by atomic mass is 32.1. The lowest BCUT2D eigenvalue weighted by atomic mass is 10.1. The van der Waals surface area contributed by atoms with Gasteiger partial charge in [0.05, 0.1) is 5.69 Å². The minimum atomic E-state index is -0.0796. The summed E-state index contributed by atoms with van der Waals surface area (Å²) < 4.78 is 0. The van der Waals surface area contributed by atoms with Gasteiger partial charge in [0.2, 0.25) is 0 Å². The van der Waals surface area contributed by atoms with E-state index in [0.717, 1.165) is 34.3 Å². The molecule has 114 valence electrons. The van der Waals surface area contributed by atoms with Crippen LogP contribution < -0.4 is 11.1 Å². The molecular formula is C16H23N3OS. The van der Waals surface area contributed by atoms with E-state index in [1.54, 1.807) is 0 Å². The molecule has 2 aromatic heterocycles. The molecule has 0 aliphatic rings. The number of thiophene rings is 1. The molecule has 4 nitrogen and oxygen atoms in total. The fraction of sp³-hybridized carbons (Fsp3) is 0.500. The van der Waals surface area contributed by atoms with Gasteiger partial charge in [-0.05, 0) is 31.9 Å². The Kier molecular flexibility index (Phi) is 5.17. The molecule has 2 heterocycles. The van der Waals surface area contributed by atoms with E-state index in [-0.39, 0.29) is 5.91 Å². The molecule has 1 amide bonds. The Morgan fingerprint density at radius 2 is 2.10 bits per heavy atom. The Balaban J connectivity index is 2.13. The first-order chi connectivity index (χ1) is 10.0. The van der Waals surface area contributed by atoms with Gasteiger partial charge in [-0.3, -0.25) is 4.79 Å². The first-order valence-corrected chi connectivity index (χ1v) is 8.30. The molecule has 0 saturated carbocycles. The summed E-state index contributed by atoms with van der Waals surface area (Å²) in [6, 6.07) is 2.00. The van der Waals surface area contributed by atoms with Gasteiger partial charge in [-0.2, -0.15) is 0 Å². The second-order valence-corrected chi connectivity index (χ2v) is 6.42. The molecule has 0 aromatic carbocycles. The number of nitrogens with two attached hydrogens (primary N) is 1. The van der Waals surface area contributed by atoms with Crippen molar-refractivity contribution < 1.29 is 4.79 Å². The molecule has 2 aromatic rings. The van der Waals surface area contributed by atoms with Crippen molar-refractivity contribution in [2.45, 2.75) is 46.5 Å². The molecular weight excluding hydrogens is 282 g/mol. The lowest BCUT2D eigenvalue weighted by Gasteiger charge is -2.04. The van der Waals surface area contributed by atoms with Crippen molar-refractivity contribution in [1.29, 1.82) is 0 Å². The number of aryl methyl sites for hydroxylation is 2. The number of nitrogens with zero attached hydrogens (tertiary/aromatic N) is 1. The van der Waals surface area contributed by atoms with Crippen molar-refractivity contribution in [3.8, 4) is 0 Å². The SMILES string of the molecule is CCCCCCNC(=O)c1sc2nc(C)cc(C)c2c1N. The largest absolute Gasteiger partial charge is 0.397 e. The molecule has 0 fully saturated rings. The third-order valence-corrected chi connectivity index (χ3v) is 4.64. The van der Waals surface area contributed by atoms with Crippen molar-refractivity contribution >= 4 is 33.1 Å². The van der Waals surface area contributed by atoms with E-state index in [1.807, 2.05) is 19.9 Å². The summed E-state index contributed by atoms with van der Waals surface area (Å²) >= 11 is 1.38. The molecule has 0 aliphatic carbocycles. The Bertz CT molecular complexity index is 648. The molecule has 0 radical (unpaired) electrons. The molecule has 0 bridgehead atoms. The number of hydrogen-bond donors (Lipinski definition) is 2. The van der Waals surface area contributed by atoms with Gasteiger partial charge in [-0.1, -0.05) is 26.2 Å². The molecule has 0 spiro atoms. The van der Waals surface area contributed by atoms with Crippen LogP contribution in [0.15, 0.2) is 6.07 Å². The van der Waals surface area contributed by atoms with E-state index in [9.17, 15) is 4.79 Å². The summed E-state index contributed by atoms with van der Waals surface area (Å²) in [6.45, 7) is 6.84. The van der Waals surface area contributed by atoms with Gasteiger partial charge in [0.1, 0.15) is 9.71 Å². The van der Waals surface area contributed by atoms with Gasteiger partial charge >= 0.3 is 0 Å². The highest BCUT2D eigenvalue weighted by Crippen LogP contribution is 2.34. The van der Waals surface area contributed by atoms with Crippen molar-refractivity contribution in [3.63, 3.8) is 0 Å². The van der Waals surface area contributed by atoms with Gasteiger partial charge in [-0.25, -0.2) is 4.98 Å². The number of nitrogen functional groups attached to an aromatic ring is 1. The molecule has 0 aliphatic heterocycles. The van der Waals surface area contributed by atoms with E-state index < -0.39 is 0 Å². The highest BCUT2D eigenvalue weighted by Gasteiger charge is 2.18. The van der Waals surface area contributed by atoms with E-state index in [4.69, 9.17) is 5.73 Å². The summed E-state index contributed by atoms with van der Waals surface area (Å²) in [4.78, 5) is 18.2. The first kappa shape index (κ1) is 15.8. The number of nitrogens with one attached hydrogen (secondary N) is 1. The molecule has 2 rings (SSSR count). The number of anilines is 1. The summed E-state index contributed by atoms with van der Waals surface area (Å²) in [6.07, 6.45) is 4.57. The van der Waals surface area contributed by atoms with E-state index >= 15 is 0 Å². The van der Waals surface area contributed by atoms with Gasteiger partial charge in [-0.15, -0.1) is 11.3 Å². The average molecular weight is 305 g/mol. The molecule has 0 atom stereocenters. The van der Waals surface area contributed by atoms with Crippen LogP contribution in [-0.4, -0.2) is 17.4 Å². The van der Waals surface area contributed by atoms with Crippen LogP contribution in [0.3, 0.4) is 0 Å². The molecule has 21 heavy (non-hydrogen) atoms. The van der Waals surface area contributed by atoms with Crippen LogP contribution >= 0.6 is 11.3 Å². The Labute approximate surface area is 129 Å². The number of amides is 1. The minimum absolute atomic E-state index is 0.0796. The van der Waals surface area contributed by atoms with Crippen molar-refractivity contribution in [1.82, 2.24) is 10.3 Å². The third kappa shape index (κ3) is 3.53. The van der Waals surface area contributed by atoms with Crippen LogP contribution in [0.2, 0.25) is 0 Å². The van der Waals surface area contributed by atoms with Crippen LogP contribution in [0.5, 0.6) is 0 Å². The number of fused-ring (bicyclic) bond motifs is 1.